The number of hydrogen-bond donors (Lipinski definition) is 1. The highest BCUT2D eigenvalue weighted by atomic mass is 16.5. The van der Waals surface area contributed by atoms with Crippen LogP contribution >= 0.6 is 0 Å². The predicted molar refractivity (Wildman–Crippen MR) is 153 cm³/mol. The van der Waals surface area contributed by atoms with Crippen molar-refractivity contribution in [2.24, 2.45) is 11.8 Å². The molecule has 0 saturated heterocycles. The number of phenolic OH excluding ortho intramolecular Hbond substituents is 1. The maximum Gasteiger partial charge on any atom is 0.200 e. The second-order valence-corrected chi connectivity index (χ2v) is 9.69. The third kappa shape index (κ3) is 4.30. The summed E-state index contributed by atoms with van der Waals surface area (Å²) in [5.74, 6) is -0.759. The zero-order chi connectivity index (χ0) is 27.6. The van der Waals surface area contributed by atoms with Gasteiger partial charge in [-0.3, -0.25) is 9.59 Å². The number of fused-ring (bicyclic) bond motifs is 1. The van der Waals surface area contributed by atoms with E-state index in [0.29, 0.717) is 17.6 Å². The van der Waals surface area contributed by atoms with Crippen molar-refractivity contribution in [2.45, 2.75) is 11.8 Å². The van der Waals surface area contributed by atoms with Gasteiger partial charge in [0.1, 0.15) is 0 Å². The van der Waals surface area contributed by atoms with Crippen molar-refractivity contribution in [3.63, 3.8) is 0 Å². The molecule has 5 nitrogen and oxygen atoms in total. The molecule has 0 aliphatic heterocycles. The molecule has 0 spiro atoms. The van der Waals surface area contributed by atoms with Crippen LogP contribution < -0.4 is 9.47 Å². The number of aromatic hydroxyl groups is 1. The number of hydrogen-bond acceptors (Lipinski definition) is 5. The highest BCUT2D eigenvalue weighted by Crippen LogP contribution is 2.54. The number of carbonyl (C=O) groups is 2. The molecule has 5 rings (SSSR count). The Kier molecular flexibility index (Phi) is 7.07. The van der Waals surface area contributed by atoms with Crippen LogP contribution in [0, 0.1) is 11.8 Å². The first-order valence-corrected chi connectivity index (χ1v) is 12.8. The molecule has 3 atom stereocenters. The van der Waals surface area contributed by atoms with Gasteiger partial charge in [-0.2, -0.15) is 0 Å². The van der Waals surface area contributed by atoms with Crippen LogP contribution in [0.25, 0.3) is 11.6 Å². The summed E-state index contributed by atoms with van der Waals surface area (Å²) in [6.45, 7) is 4.04. The number of phenols is 1. The topological polar surface area (TPSA) is 72.8 Å². The van der Waals surface area contributed by atoms with Gasteiger partial charge in [0.15, 0.2) is 23.1 Å². The summed E-state index contributed by atoms with van der Waals surface area (Å²) in [6, 6.07) is 22.3. The van der Waals surface area contributed by atoms with E-state index >= 15 is 0 Å². The number of rotatable bonds is 7. The van der Waals surface area contributed by atoms with E-state index in [1.807, 2.05) is 78.9 Å². The Morgan fingerprint density at radius 3 is 2.15 bits per heavy atom. The van der Waals surface area contributed by atoms with Crippen molar-refractivity contribution in [2.75, 3.05) is 14.2 Å². The second-order valence-electron chi connectivity index (χ2n) is 9.69. The lowest BCUT2D eigenvalue weighted by atomic mass is 9.51. The van der Waals surface area contributed by atoms with Crippen LogP contribution in [0.5, 0.6) is 17.2 Å². The predicted octanol–water partition coefficient (Wildman–Crippen LogP) is 6.34. The molecule has 3 aromatic rings. The lowest BCUT2D eigenvalue weighted by molar-refractivity contribution is -0.132. The van der Waals surface area contributed by atoms with E-state index in [2.05, 4.69) is 6.58 Å². The Labute approximate surface area is 228 Å². The van der Waals surface area contributed by atoms with Gasteiger partial charge >= 0.3 is 0 Å². The molecule has 0 heterocycles. The van der Waals surface area contributed by atoms with E-state index in [9.17, 15) is 14.7 Å². The van der Waals surface area contributed by atoms with Gasteiger partial charge in [-0.05, 0) is 46.9 Å². The van der Waals surface area contributed by atoms with E-state index in [-0.39, 0.29) is 28.8 Å². The number of carbonyl (C=O) groups excluding carboxylic acids is 2. The van der Waals surface area contributed by atoms with Gasteiger partial charge in [0.05, 0.1) is 19.6 Å². The van der Waals surface area contributed by atoms with Crippen LogP contribution in [0.15, 0.2) is 109 Å². The van der Waals surface area contributed by atoms with Gasteiger partial charge in [-0.25, -0.2) is 0 Å². The molecule has 2 aliphatic rings. The lowest BCUT2D eigenvalue weighted by Crippen LogP contribution is -2.55. The number of Topliss-reactive ketones (excluding diaryl/α,β-unsaturated/α-hetero) is 1. The Hall–Kier alpha value is -4.64. The van der Waals surface area contributed by atoms with Gasteiger partial charge in [-0.1, -0.05) is 91.5 Å². The van der Waals surface area contributed by atoms with Crippen molar-refractivity contribution in [3.05, 3.63) is 126 Å². The fourth-order valence-corrected chi connectivity index (χ4v) is 5.97. The van der Waals surface area contributed by atoms with Gasteiger partial charge in [0.2, 0.25) is 5.75 Å². The molecule has 0 fully saturated rings. The number of allylic oxidation sites excluding steroid dienone is 6. The molecule has 3 aromatic carbocycles. The summed E-state index contributed by atoms with van der Waals surface area (Å²) in [5, 5.41) is 10.4. The standard InChI is InChI=1S/C34H30O5/c1-4-23-16-18-28-32(36)26(24-11-7-5-8-12-24)21-31(35)34(28,25-13-9-6-10-14-25)27(23)17-15-22-19-29(38-2)33(37)30(20-22)39-3/h4-17,19-21,27-28,37H,1,18H2,2-3H3. The average molecular weight is 519 g/mol. The number of ether oxygens (including phenoxy) is 2. The fraction of sp³-hybridized carbons (Fsp3) is 0.176. The monoisotopic (exact) mass is 518 g/mol. The van der Waals surface area contributed by atoms with Gasteiger partial charge < -0.3 is 14.6 Å². The summed E-state index contributed by atoms with van der Waals surface area (Å²) < 4.78 is 10.6. The van der Waals surface area contributed by atoms with Crippen molar-refractivity contribution in [1.29, 1.82) is 0 Å². The van der Waals surface area contributed by atoms with E-state index < -0.39 is 17.3 Å². The highest BCUT2D eigenvalue weighted by Gasteiger charge is 2.58. The summed E-state index contributed by atoms with van der Waals surface area (Å²) in [6.07, 6.45) is 9.56. The van der Waals surface area contributed by atoms with E-state index in [1.54, 1.807) is 18.2 Å². The van der Waals surface area contributed by atoms with Crippen molar-refractivity contribution >= 4 is 23.2 Å². The Bertz CT molecular complexity index is 1490. The fourth-order valence-electron chi connectivity index (χ4n) is 5.97. The molecule has 2 aliphatic carbocycles. The van der Waals surface area contributed by atoms with Crippen LogP contribution in [0.1, 0.15) is 23.1 Å². The number of ketones is 2. The van der Waals surface area contributed by atoms with Gasteiger partial charge in [-0.15, -0.1) is 0 Å². The SMILES string of the molecule is C=CC1=CCC2C(=O)C(c3ccccc3)=CC(=O)C2(c2ccccc2)C1C=Cc1cc(OC)c(O)c(OC)c1. The normalized spacial score (nSPS) is 22.6. The largest absolute Gasteiger partial charge is 0.502 e. The van der Waals surface area contributed by atoms with E-state index in [1.165, 1.54) is 20.3 Å². The summed E-state index contributed by atoms with van der Waals surface area (Å²) in [5.41, 5.74) is 2.43. The molecule has 3 unspecified atom stereocenters. The quantitative estimate of drug-likeness (QED) is 0.395. The highest BCUT2D eigenvalue weighted by molar-refractivity contribution is 6.31. The van der Waals surface area contributed by atoms with E-state index in [0.717, 1.165) is 16.7 Å². The molecular weight excluding hydrogens is 488 g/mol. The molecule has 0 bridgehead atoms. The third-order valence-corrected chi connectivity index (χ3v) is 7.81. The van der Waals surface area contributed by atoms with E-state index in [4.69, 9.17) is 9.47 Å². The van der Waals surface area contributed by atoms with Gasteiger partial charge in [0.25, 0.3) is 0 Å². The minimum Gasteiger partial charge on any atom is -0.502 e. The molecule has 1 N–H and O–H groups in total. The summed E-state index contributed by atoms with van der Waals surface area (Å²) >= 11 is 0. The molecule has 0 amide bonds. The maximum atomic E-state index is 14.4. The minimum absolute atomic E-state index is 0.0459. The van der Waals surface area contributed by atoms with Crippen LogP contribution in [0.2, 0.25) is 0 Å². The molecule has 0 aromatic heterocycles. The summed E-state index contributed by atoms with van der Waals surface area (Å²) in [7, 11) is 2.94. The van der Waals surface area contributed by atoms with Crippen LogP contribution in [0.4, 0.5) is 0 Å². The molecule has 5 heteroatoms. The van der Waals surface area contributed by atoms with Crippen molar-refractivity contribution in [3.8, 4) is 17.2 Å². The lowest BCUT2D eigenvalue weighted by Gasteiger charge is -2.48. The zero-order valence-electron chi connectivity index (χ0n) is 22.0. The Morgan fingerprint density at radius 2 is 1.56 bits per heavy atom. The zero-order valence-corrected chi connectivity index (χ0v) is 22.0. The van der Waals surface area contributed by atoms with Crippen molar-refractivity contribution < 1.29 is 24.2 Å². The molecule has 39 heavy (non-hydrogen) atoms. The minimum atomic E-state index is -1.14. The average Bonchev–Trinajstić information content (AvgIpc) is 2.98. The van der Waals surface area contributed by atoms with Crippen molar-refractivity contribution in [1.82, 2.24) is 0 Å². The first kappa shape index (κ1) is 26.0. The first-order valence-electron chi connectivity index (χ1n) is 12.8. The Morgan fingerprint density at radius 1 is 0.949 bits per heavy atom. The first-order chi connectivity index (χ1) is 18.9. The van der Waals surface area contributed by atoms with Crippen LogP contribution in [-0.2, 0) is 15.0 Å². The van der Waals surface area contributed by atoms with Crippen LogP contribution in [0.3, 0.4) is 0 Å². The molecule has 196 valence electrons. The third-order valence-electron chi connectivity index (χ3n) is 7.81. The summed E-state index contributed by atoms with van der Waals surface area (Å²) in [4.78, 5) is 28.6. The second kappa shape index (κ2) is 10.6. The Balaban J connectivity index is 1.71. The smallest absolute Gasteiger partial charge is 0.200 e. The molecule has 0 radical (unpaired) electrons. The number of methoxy groups -OCH3 is 2. The molecule has 0 saturated carbocycles. The van der Waals surface area contributed by atoms with Gasteiger partial charge in [0, 0.05) is 17.4 Å². The van der Waals surface area contributed by atoms with Crippen LogP contribution in [-0.4, -0.2) is 30.9 Å². The number of benzene rings is 3. The maximum absolute atomic E-state index is 14.4. The molecular formula is C34H30O5.